The lowest BCUT2D eigenvalue weighted by molar-refractivity contribution is 0.554. The second-order valence-corrected chi connectivity index (χ2v) is 10.6. The molecule has 3 unspecified atom stereocenters. The number of hydrogen-bond donors (Lipinski definition) is 0. The highest BCUT2D eigenvalue weighted by Gasteiger charge is 2.59. The molecule has 4 aromatic rings. The summed E-state index contributed by atoms with van der Waals surface area (Å²) in [6, 6.07) is 38.0. The third-order valence-electron chi connectivity index (χ3n) is 5.67. The topological polar surface area (TPSA) is 20.1 Å². The summed E-state index contributed by atoms with van der Waals surface area (Å²) >= 11 is 6.14. The van der Waals surface area contributed by atoms with Crippen LogP contribution in [0.4, 0.5) is 0 Å². The predicted molar refractivity (Wildman–Crippen MR) is 125 cm³/mol. The molecule has 1 fully saturated rings. The van der Waals surface area contributed by atoms with E-state index in [2.05, 4.69) is 16.8 Å². The molecule has 5 rings (SSSR count). The Bertz CT molecular complexity index is 1140. The number of nitrogens with zero attached hydrogens (tertiary/aromatic N) is 1. The zero-order valence-corrected chi connectivity index (χ0v) is 18.0. The number of halogens is 1. The van der Waals surface area contributed by atoms with Crippen LogP contribution >= 0.6 is 18.9 Å². The third-order valence-corrected chi connectivity index (χ3v) is 9.07. The molecular weight excluding hydrogens is 409 g/mol. The first-order valence-electron chi connectivity index (χ1n) is 10.00. The van der Waals surface area contributed by atoms with E-state index in [0.717, 1.165) is 16.2 Å². The van der Waals surface area contributed by atoms with Crippen molar-refractivity contribution in [1.29, 1.82) is 0 Å². The van der Waals surface area contributed by atoms with Crippen LogP contribution in [0.5, 0.6) is 0 Å². The quantitative estimate of drug-likeness (QED) is 0.271. The Hall–Kier alpha value is -2.64. The van der Waals surface area contributed by atoms with Crippen LogP contribution < -0.4 is 10.6 Å². The van der Waals surface area contributed by atoms with Crippen molar-refractivity contribution in [2.24, 2.45) is 0 Å². The fraction of sp³-hybridized carbons (Fsp3) is 0.0769. The van der Waals surface area contributed by atoms with Crippen molar-refractivity contribution in [2.75, 3.05) is 0 Å². The highest BCUT2D eigenvalue weighted by molar-refractivity contribution is 7.76. The van der Waals surface area contributed by atoms with E-state index in [1.165, 1.54) is 5.56 Å². The fourth-order valence-electron chi connectivity index (χ4n) is 4.23. The van der Waals surface area contributed by atoms with Gasteiger partial charge in [0.15, 0.2) is 0 Å². The summed E-state index contributed by atoms with van der Waals surface area (Å²) < 4.78 is 17.1. The molecule has 3 atom stereocenters. The van der Waals surface area contributed by atoms with Crippen LogP contribution in [0.15, 0.2) is 115 Å². The summed E-state index contributed by atoms with van der Waals surface area (Å²) in [6.45, 7) is 0. The molecule has 0 saturated carbocycles. The molecule has 0 aliphatic carbocycles. The maximum atomic E-state index is 14.9. The Kier molecular flexibility index (Phi) is 5.08. The third kappa shape index (κ3) is 3.32. The summed E-state index contributed by atoms with van der Waals surface area (Å²) in [5, 5.41) is 2.42. The summed E-state index contributed by atoms with van der Waals surface area (Å²) in [5.41, 5.74) is 2.30. The SMILES string of the molecule is O=P(c1ccccc1)(c1ccccc1)N1C(c2ccccc2)C1c1ccc(Cl)cc1. The average molecular weight is 430 g/mol. The first-order valence-corrected chi connectivity index (χ1v) is 12.0. The van der Waals surface area contributed by atoms with Gasteiger partial charge < -0.3 is 0 Å². The molecular formula is C26H21ClNOP. The van der Waals surface area contributed by atoms with Gasteiger partial charge in [-0.2, -0.15) is 0 Å². The van der Waals surface area contributed by atoms with Gasteiger partial charge in [-0.25, -0.2) is 4.67 Å². The molecule has 0 bridgehead atoms. The molecule has 1 aliphatic heterocycles. The smallest absolute Gasteiger partial charge is 0.208 e. The molecule has 0 spiro atoms. The van der Waals surface area contributed by atoms with Crippen LogP contribution in [-0.4, -0.2) is 4.67 Å². The molecule has 2 nitrogen and oxygen atoms in total. The minimum absolute atomic E-state index is 0.0240. The van der Waals surface area contributed by atoms with Crippen LogP contribution in [0.3, 0.4) is 0 Å². The van der Waals surface area contributed by atoms with Gasteiger partial charge in [-0.05, 0) is 47.5 Å². The average Bonchev–Trinajstić information content (AvgIpc) is 3.57. The fourth-order valence-corrected chi connectivity index (χ4v) is 7.50. The van der Waals surface area contributed by atoms with E-state index in [4.69, 9.17) is 11.6 Å². The molecule has 1 saturated heterocycles. The summed E-state index contributed by atoms with van der Waals surface area (Å²) in [6.07, 6.45) is 0. The van der Waals surface area contributed by atoms with Gasteiger partial charge in [0.05, 0.1) is 12.1 Å². The lowest BCUT2D eigenvalue weighted by atomic mass is 10.0. The van der Waals surface area contributed by atoms with Crippen molar-refractivity contribution in [2.45, 2.75) is 12.1 Å². The van der Waals surface area contributed by atoms with Gasteiger partial charge in [0.1, 0.15) is 0 Å². The van der Waals surface area contributed by atoms with Crippen molar-refractivity contribution >= 4 is 29.5 Å². The molecule has 148 valence electrons. The van der Waals surface area contributed by atoms with Gasteiger partial charge in [0, 0.05) is 15.6 Å². The summed E-state index contributed by atoms with van der Waals surface area (Å²) in [5.74, 6) is 0. The van der Waals surface area contributed by atoms with Gasteiger partial charge in [0.25, 0.3) is 0 Å². The molecule has 1 aliphatic rings. The molecule has 0 N–H and O–H groups in total. The first kappa shape index (κ1) is 19.3. The second kappa shape index (κ2) is 7.89. The van der Waals surface area contributed by atoms with Crippen molar-refractivity contribution in [3.05, 3.63) is 131 Å². The lowest BCUT2D eigenvalue weighted by Gasteiger charge is -2.22. The Balaban J connectivity index is 1.69. The van der Waals surface area contributed by atoms with Crippen molar-refractivity contribution < 1.29 is 4.57 Å². The Morgan fingerprint density at radius 2 is 0.967 bits per heavy atom. The molecule has 1 heterocycles. The predicted octanol–water partition coefficient (Wildman–Crippen LogP) is 6.37. The standard InChI is InChI=1S/C26H21ClNOP/c27-22-18-16-21(17-19-22)26-25(20-10-4-1-5-11-20)28(26)30(29,23-12-6-2-7-13-23)24-14-8-3-9-15-24/h1-19,25-26H. The van der Waals surface area contributed by atoms with Crippen LogP contribution in [0.2, 0.25) is 5.02 Å². The summed E-state index contributed by atoms with van der Waals surface area (Å²) in [4.78, 5) is 0. The van der Waals surface area contributed by atoms with Crippen LogP contribution in [0.25, 0.3) is 0 Å². The van der Waals surface area contributed by atoms with Crippen molar-refractivity contribution in [3.63, 3.8) is 0 Å². The van der Waals surface area contributed by atoms with E-state index in [9.17, 15) is 4.57 Å². The highest BCUT2D eigenvalue weighted by Crippen LogP contribution is 2.70. The molecule has 4 aromatic carbocycles. The van der Waals surface area contributed by atoms with Gasteiger partial charge in [-0.3, -0.25) is 4.57 Å². The van der Waals surface area contributed by atoms with Gasteiger partial charge in [-0.15, -0.1) is 0 Å². The Labute approximate surface area is 182 Å². The number of hydrogen-bond acceptors (Lipinski definition) is 1. The molecule has 4 heteroatoms. The minimum Gasteiger partial charge on any atom is -0.296 e. The zero-order chi connectivity index (χ0) is 20.6. The zero-order valence-electron chi connectivity index (χ0n) is 16.3. The van der Waals surface area contributed by atoms with Gasteiger partial charge >= 0.3 is 0 Å². The second-order valence-electron chi connectivity index (χ2n) is 7.48. The van der Waals surface area contributed by atoms with Crippen LogP contribution in [0.1, 0.15) is 23.2 Å². The van der Waals surface area contributed by atoms with Crippen molar-refractivity contribution in [1.82, 2.24) is 4.67 Å². The van der Waals surface area contributed by atoms with Crippen molar-refractivity contribution in [3.8, 4) is 0 Å². The van der Waals surface area contributed by atoms with Gasteiger partial charge in [-0.1, -0.05) is 90.5 Å². The maximum absolute atomic E-state index is 14.9. The molecule has 30 heavy (non-hydrogen) atoms. The maximum Gasteiger partial charge on any atom is 0.208 e. The van der Waals surface area contributed by atoms with E-state index in [1.807, 2.05) is 103 Å². The normalized spacial score (nSPS) is 20.6. The van der Waals surface area contributed by atoms with Gasteiger partial charge in [0.2, 0.25) is 7.29 Å². The Morgan fingerprint density at radius 3 is 1.43 bits per heavy atom. The van der Waals surface area contributed by atoms with E-state index >= 15 is 0 Å². The van der Waals surface area contributed by atoms with E-state index in [1.54, 1.807) is 0 Å². The van der Waals surface area contributed by atoms with E-state index in [-0.39, 0.29) is 12.1 Å². The minimum atomic E-state index is -3.04. The summed E-state index contributed by atoms with van der Waals surface area (Å²) in [7, 11) is -3.04. The first-order chi connectivity index (χ1) is 14.7. The largest absolute Gasteiger partial charge is 0.296 e. The molecule has 0 radical (unpaired) electrons. The molecule has 0 aromatic heterocycles. The molecule has 0 amide bonds. The van der Waals surface area contributed by atoms with Crippen LogP contribution in [-0.2, 0) is 4.57 Å². The Morgan fingerprint density at radius 1 is 0.567 bits per heavy atom. The lowest BCUT2D eigenvalue weighted by Crippen LogP contribution is -2.22. The number of rotatable bonds is 5. The monoisotopic (exact) mass is 429 g/mol. The van der Waals surface area contributed by atoms with Crippen LogP contribution in [0, 0.1) is 0 Å². The van der Waals surface area contributed by atoms with E-state index < -0.39 is 7.29 Å². The number of benzene rings is 4. The van der Waals surface area contributed by atoms with E-state index in [0.29, 0.717) is 5.02 Å². The highest BCUT2D eigenvalue weighted by atomic mass is 35.5.